The molecule has 1 N–H and O–H groups in total. The molecule has 1 aromatic carbocycles. The first kappa shape index (κ1) is 20.0. The van der Waals surface area contributed by atoms with Crippen LogP contribution in [0.5, 0.6) is 0 Å². The number of carbonyl (C=O) groups is 1. The average Bonchev–Trinajstić information content (AvgIpc) is 3.02. The number of likely N-dealkylation sites (tertiary alicyclic amines) is 1. The number of piperidine rings is 1. The van der Waals surface area contributed by atoms with Gasteiger partial charge in [0, 0.05) is 44.3 Å². The summed E-state index contributed by atoms with van der Waals surface area (Å²) in [6, 6.07) is 4.97. The number of alkyl halides is 3. The number of fused-ring (bicyclic) bond motifs is 1. The van der Waals surface area contributed by atoms with E-state index in [0.29, 0.717) is 32.1 Å². The first-order chi connectivity index (χ1) is 13.8. The van der Waals surface area contributed by atoms with Crippen LogP contribution in [0.3, 0.4) is 0 Å². The normalized spacial score (nSPS) is 23.2. The molecule has 0 spiro atoms. The molecule has 0 bridgehead atoms. The fourth-order valence-electron chi connectivity index (χ4n) is 4.00. The summed E-state index contributed by atoms with van der Waals surface area (Å²) in [5.74, 6) is 1.06. The summed E-state index contributed by atoms with van der Waals surface area (Å²) in [6.07, 6.45) is -4.55. The lowest BCUT2D eigenvalue weighted by atomic mass is 10.1. The van der Waals surface area contributed by atoms with Crippen molar-refractivity contribution in [3.63, 3.8) is 0 Å². The number of ether oxygens (including phenoxy) is 1. The highest BCUT2D eigenvalue weighted by atomic mass is 35.5. The van der Waals surface area contributed by atoms with Gasteiger partial charge in [-0.25, -0.2) is 0 Å². The van der Waals surface area contributed by atoms with Crippen LogP contribution < -0.4 is 5.32 Å². The van der Waals surface area contributed by atoms with Gasteiger partial charge in [-0.1, -0.05) is 16.8 Å². The summed E-state index contributed by atoms with van der Waals surface area (Å²) in [6.45, 7) is 2.23. The largest absolute Gasteiger partial charge is 0.417 e. The van der Waals surface area contributed by atoms with Gasteiger partial charge in [0.2, 0.25) is 5.88 Å². The van der Waals surface area contributed by atoms with E-state index in [2.05, 4.69) is 10.5 Å². The van der Waals surface area contributed by atoms with Crippen LogP contribution in [-0.4, -0.2) is 49.3 Å². The highest BCUT2D eigenvalue weighted by Crippen LogP contribution is 2.58. The maximum Gasteiger partial charge on any atom is 0.417 e. The van der Waals surface area contributed by atoms with E-state index >= 15 is 0 Å². The number of hydrogen-bond acceptors (Lipinski definition) is 5. The Hall–Kier alpha value is -2.26. The number of amides is 1. The molecular formula is C19H19ClF3N3O3. The Bertz CT molecular complexity index is 906. The molecule has 1 saturated carbocycles. The van der Waals surface area contributed by atoms with Crippen LogP contribution >= 0.6 is 11.6 Å². The number of halogens is 4. The Labute approximate surface area is 169 Å². The summed E-state index contributed by atoms with van der Waals surface area (Å²) in [5.41, 5.74) is 0.0671. The first-order valence-electron chi connectivity index (χ1n) is 9.15. The van der Waals surface area contributed by atoms with E-state index < -0.39 is 16.8 Å². The fraction of sp³-hybridized carbons (Fsp3) is 0.474. The first-order valence-corrected chi connectivity index (χ1v) is 9.53. The Morgan fingerprint density at radius 2 is 2.07 bits per heavy atom. The fourth-order valence-corrected chi connectivity index (χ4v) is 4.28. The molecule has 0 unspecified atom stereocenters. The van der Waals surface area contributed by atoms with E-state index in [9.17, 15) is 18.0 Å². The lowest BCUT2D eigenvalue weighted by Gasteiger charge is -2.20. The average molecular weight is 430 g/mol. The number of anilines is 1. The van der Waals surface area contributed by atoms with Gasteiger partial charge in [0.15, 0.2) is 0 Å². The zero-order valence-electron chi connectivity index (χ0n) is 15.5. The van der Waals surface area contributed by atoms with Crippen molar-refractivity contribution >= 4 is 23.4 Å². The predicted octanol–water partition coefficient (Wildman–Crippen LogP) is 3.89. The maximum atomic E-state index is 12.8. The molecule has 4 rings (SSSR count). The van der Waals surface area contributed by atoms with Gasteiger partial charge < -0.3 is 19.5 Å². The maximum absolute atomic E-state index is 12.8. The molecule has 10 heteroatoms. The molecule has 6 nitrogen and oxygen atoms in total. The molecule has 2 heterocycles. The van der Waals surface area contributed by atoms with Gasteiger partial charge in [-0.3, -0.25) is 4.79 Å². The molecule has 0 radical (unpaired) electrons. The van der Waals surface area contributed by atoms with Crippen molar-refractivity contribution in [1.82, 2.24) is 10.1 Å². The number of nitrogens with one attached hydrogen (secondary N) is 1. The molecule has 2 aliphatic rings. The number of methoxy groups -OCH3 is 1. The third kappa shape index (κ3) is 3.93. The molecule has 156 valence electrons. The minimum atomic E-state index is -4.55. The Morgan fingerprint density at radius 1 is 1.34 bits per heavy atom. The zero-order chi connectivity index (χ0) is 20.8. The summed E-state index contributed by atoms with van der Waals surface area (Å²) in [4.78, 5) is 14.3. The predicted molar refractivity (Wildman–Crippen MR) is 98.9 cm³/mol. The monoisotopic (exact) mass is 429 g/mol. The lowest BCUT2D eigenvalue weighted by Crippen LogP contribution is -2.31. The van der Waals surface area contributed by atoms with Crippen LogP contribution in [0, 0.1) is 11.8 Å². The standard InChI is InChI=1S/C19H19ClF3N3O3/c1-28-5-4-24-16-7-15(25-29-16)17-11-8-26(9-12(11)17)18(27)10-2-3-13(14(20)6-10)19(21,22)23/h2-3,6-7,11-12,17,24H,4-5,8-9H2,1H3/t11-,12+,17+. The second-order valence-electron chi connectivity index (χ2n) is 7.29. The molecule has 1 aromatic heterocycles. The SMILES string of the molecule is COCCNc1cc([C@H]2[C@@H]3CN(C(=O)c4ccc(C(F)(F)F)c(Cl)c4)C[C@@H]32)no1. The van der Waals surface area contributed by atoms with Crippen molar-refractivity contribution in [2.24, 2.45) is 11.8 Å². The molecular weight excluding hydrogens is 411 g/mol. The number of rotatable bonds is 6. The molecule has 1 aliphatic heterocycles. The van der Waals surface area contributed by atoms with Crippen molar-refractivity contribution in [1.29, 1.82) is 0 Å². The van der Waals surface area contributed by atoms with Gasteiger partial charge in [0.25, 0.3) is 5.91 Å². The van der Waals surface area contributed by atoms with Crippen molar-refractivity contribution < 1.29 is 27.2 Å². The van der Waals surface area contributed by atoms with Gasteiger partial charge in [0.1, 0.15) is 0 Å². The second-order valence-corrected chi connectivity index (χ2v) is 7.70. The summed E-state index contributed by atoms with van der Waals surface area (Å²) in [5, 5.41) is 6.71. The second kappa shape index (κ2) is 7.53. The van der Waals surface area contributed by atoms with E-state index in [-0.39, 0.29) is 29.2 Å². The Morgan fingerprint density at radius 3 is 2.69 bits per heavy atom. The Balaban J connectivity index is 1.36. The van der Waals surface area contributed by atoms with Gasteiger partial charge in [-0.05, 0) is 30.0 Å². The molecule has 2 aromatic rings. The van der Waals surface area contributed by atoms with Crippen molar-refractivity contribution in [3.05, 3.63) is 46.1 Å². The highest BCUT2D eigenvalue weighted by molar-refractivity contribution is 6.31. The highest BCUT2D eigenvalue weighted by Gasteiger charge is 2.58. The topological polar surface area (TPSA) is 67.6 Å². The summed E-state index contributed by atoms with van der Waals surface area (Å²) >= 11 is 5.73. The Kier molecular flexibility index (Phi) is 5.20. The van der Waals surface area contributed by atoms with Gasteiger partial charge in [-0.15, -0.1) is 0 Å². The minimum Gasteiger partial charge on any atom is -0.383 e. The van der Waals surface area contributed by atoms with Crippen molar-refractivity contribution in [2.45, 2.75) is 12.1 Å². The third-order valence-electron chi connectivity index (χ3n) is 5.48. The van der Waals surface area contributed by atoms with E-state index in [4.69, 9.17) is 20.9 Å². The number of carbonyl (C=O) groups excluding carboxylic acids is 1. The number of nitrogens with zero attached hydrogens (tertiary/aromatic N) is 2. The lowest BCUT2D eigenvalue weighted by molar-refractivity contribution is -0.137. The molecule has 29 heavy (non-hydrogen) atoms. The van der Waals surface area contributed by atoms with Crippen LogP contribution in [0.15, 0.2) is 28.8 Å². The van der Waals surface area contributed by atoms with Crippen LogP contribution in [0.1, 0.15) is 27.5 Å². The van der Waals surface area contributed by atoms with Crippen molar-refractivity contribution in [3.8, 4) is 0 Å². The van der Waals surface area contributed by atoms with Gasteiger partial charge >= 0.3 is 6.18 Å². The smallest absolute Gasteiger partial charge is 0.383 e. The number of hydrogen-bond donors (Lipinski definition) is 1. The van der Waals surface area contributed by atoms with Crippen LogP contribution in [0.4, 0.5) is 19.1 Å². The number of benzene rings is 1. The van der Waals surface area contributed by atoms with Crippen LogP contribution in [0.2, 0.25) is 5.02 Å². The van der Waals surface area contributed by atoms with Crippen molar-refractivity contribution in [2.75, 3.05) is 38.7 Å². The number of aromatic nitrogens is 1. The summed E-state index contributed by atoms with van der Waals surface area (Å²) in [7, 11) is 1.62. The van der Waals surface area contributed by atoms with Crippen LogP contribution in [-0.2, 0) is 10.9 Å². The van der Waals surface area contributed by atoms with Gasteiger partial charge in [-0.2, -0.15) is 13.2 Å². The molecule has 3 atom stereocenters. The molecule has 1 aliphatic carbocycles. The minimum absolute atomic E-state index is 0.159. The van der Waals surface area contributed by atoms with E-state index in [1.165, 1.54) is 6.07 Å². The molecule has 1 saturated heterocycles. The zero-order valence-corrected chi connectivity index (χ0v) is 16.3. The quantitative estimate of drug-likeness (QED) is 0.706. The molecule has 1 amide bonds. The van der Waals surface area contributed by atoms with Crippen LogP contribution in [0.25, 0.3) is 0 Å². The van der Waals surface area contributed by atoms with E-state index in [1.54, 1.807) is 12.0 Å². The summed E-state index contributed by atoms with van der Waals surface area (Å²) < 4.78 is 48.7. The molecule has 2 fully saturated rings. The third-order valence-corrected chi connectivity index (χ3v) is 5.79. The van der Waals surface area contributed by atoms with E-state index in [1.807, 2.05) is 6.07 Å². The van der Waals surface area contributed by atoms with E-state index in [0.717, 1.165) is 17.8 Å². The van der Waals surface area contributed by atoms with Gasteiger partial charge in [0.05, 0.1) is 22.9 Å².